The van der Waals surface area contributed by atoms with Crippen LogP contribution in [-0.4, -0.2) is 46.4 Å². The first-order valence-corrected chi connectivity index (χ1v) is 6.65. The van der Waals surface area contributed by atoms with Gasteiger partial charge in [-0.1, -0.05) is 11.6 Å². The molecule has 0 spiro atoms. The summed E-state index contributed by atoms with van der Waals surface area (Å²) < 4.78 is 26.5. The zero-order valence-corrected chi connectivity index (χ0v) is 11.1. The smallest absolute Gasteiger partial charge is 0.322 e. The van der Waals surface area contributed by atoms with Gasteiger partial charge in [0.05, 0.1) is 17.6 Å². The number of aryl methyl sites for hydroxylation is 1. The van der Waals surface area contributed by atoms with Crippen molar-refractivity contribution in [1.82, 2.24) is 14.5 Å². The van der Waals surface area contributed by atoms with E-state index >= 15 is 0 Å². The van der Waals surface area contributed by atoms with Crippen LogP contribution in [0.15, 0.2) is 11.2 Å². The molecule has 0 aliphatic carbocycles. The van der Waals surface area contributed by atoms with Gasteiger partial charge in [-0.05, 0) is 0 Å². The minimum Gasteiger partial charge on any atom is -0.481 e. The highest BCUT2D eigenvalue weighted by atomic mass is 35.5. The minimum atomic E-state index is -4.29. The van der Waals surface area contributed by atoms with E-state index in [9.17, 15) is 18.0 Å². The van der Waals surface area contributed by atoms with Crippen LogP contribution in [0.5, 0.6) is 0 Å². The van der Waals surface area contributed by atoms with Crippen molar-refractivity contribution in [2.75, 3.05) is 0 Å². The average molecular weight is 312 g/mol. The number of sulfonamides is 1. The van der Waals surface area contributed by atoms with E-state index in [1.807, 2.05) is 0 Å². The highest BCUT2D eigenvalue weighted by Gasteiger charge is 2.30. The Bertz CT molecular complexity index is 591. The number of carboxylic acid groups (broad SMARTS) is 2. The summed E-state index contributed by atoms with van der Waals surface area (Å²) in [6.07, 6.45) is 0.174. The number of nitrogens with zero attached hydrogens (tertiary/aromatic N) is 2. The number of aromatic nitrogens is 2. The lowest BCUT2D eigenvalue weighted by molar-refractivity contribution is -0.145. The van der Waals surface area contributed by atoms with Crippen molar-refractivity contribution in [3.63, 3.8) is 0 Å². The maximum Gasteiger partial charge on any atom is 0.322 e. The van der Waals surface area contributed by atoms with Gasteiger partial charge in [-0.2, -0.15) is 9.82 Å². The Morgan fingerprint density at radius 3 is 2.47 bits per heavy atom. The molecular weight excluding hydrogens is 302 g/mol. The van der Waals surface area contributed by atoms with Gasteiger partial charge in [-0.15, -0.1) is 0 Å². The summed E-state index contributed by atoms with van der Waals surface area (Å²) in [7, 11) is -2.99. The second-order valence-corrected chi connectivity index (χ2v) is 5.57. The number of halogens is 1. The molecule has 0 radical (unpaired) electrons. The number of hydrogen-bond acceptors (Lipinski definition) is 5. The maximum atomic E-state index is 11.9. The van der Waals surface area contributed by atoms with E-state index in [2.05, 4.69) is 5.10 Å². The first-order valence-electron chi connectivity index (χ1n) is 4.79. The predicted octanol–water partition coefficient (Wildman–Crippen LogP) is -0.720. The fourth-order valence-corrected chi connectivity index (χ4v) is 3.14. The number of carbonyl (C=O) groups is 2. The molecule has 0 fully saturated rings. The van der Waals surface area contributed by atoms with Gasteiger partial charge in [0.15, 0.2) is 5.03 Å². The normalized spacial score (nSPS) is 13.2. The zero-order chi connectivity index (χ0) is 14.8. The van der Waals surface area contributed by atoms with Gasteiger partial charge in [0.1, 0.15) is 6.04 Å². The largest absolute Gasteiger partial charge is 0.481 e. The molecule has 9 nitrogen and oxygen atoms in total. The molecule has 0 amide bonds. The van der Waals surface area contributed by atoms with Crippen LogP contribution in [0.25, 0.3) is 0 Å². The number of hydrogen-bond donors (Lipinski definition) is 3. The van der Waals surface area contributed by atoms with E-state index in [0.29, 0.717) is 0 Å². The highest BCUT2D eigenvalue weighted by Crippen LogP contribution is 2.20. The monoisotopic (exact) mass is 311 g/mol. The van der Waals surface area contributed by atoms with Crippen LogP contribution in [-0.2, 0) is 26.7 Å². The number of carboxylic acids is 2. The van der Waals surface area contributed by atoms with Crippen molar-refractivity contribution in [1.29, 1.82) is 0 Å². The van der Waals surface area contributed by atoms with Crippen molar-refractivity contribution >= 4 is 33.6 Å². The molecule has 1 atom stereocenters. The van der Waals surface area contributed by atoms with Crippen molar-refractivity contribution < 1.29 is 28.2 Å². The Morgan fingerprint density at radius 1 is 1.53 bits per heavy atom. The molecule has 0 bridgehead atoms. The fraction of sp³-hybridized carbons (Fsp3) is 0.375. The van der Waals surface area contributed by atoms with Crippen LogP contribution in [0.3, 0.4) is 0 Å². The second-order valence-electron chi connectivity index (χ2n) is 3.53. The van der Waals surface area contributed by atoms with E-state index in [-0.39, 0.29) is 5.02 Å². The third-order valence-electron chi connectivity index (χ3n) is 2.07. The Hall–Kier alpha value is -1.65. The summed E-state index contributed by atoms with van der Waals surface area (Å²) in [5, 5.41) is 20.3. The number of rotatable bonds is 6. The third kappa shape index (κ3) is 3.66. The quantitative estimate of drug-likeness (QED) is 0.630. The molecule has 1 rings (SSSR count). The molecule has 106 valence electrons. The van der Waals surface area contributed by atoms with E-state index in [1.165, 1.54) is 7.05 Å². The van der Waals surface area contributed by atoms with Crippen molar-refractivity contribution in [2.45, 2.75) is 17.5 Å². The molecule has 0 unspecified atom stereocenters. The van der Waals surface area contributed by atoms with E-state index in [0.717, 1.165) is 10.9 Å². The van der Waals surface area contributed by atoms with Crippen LogP contribution in [0.4, 0.5) is 0 Å². The molecule has 11 heteroatoms. The lowest BCUT2D eigenvalue weighted by atomic mass is 10.2. The predicted molar refractivity (Wildman–Crippen MR) is 62.2 cm³/mol. The summed E-state index contributed by atoms with van der Waals surface area (Å²) in [5.74, 6) is -3.06. The van der Waals surface area contributed by atoms with Crippen molar-refractivity contribution in [3.8, 4) is 0 Å². The molecule has 0 saturated carbocycles. The standard InChI is InChI=1S/C8H10ClN3O6S/c1-12-7(4(9)3-10-12)19(17,18)11-5(8(15)16)2-6(13)14/h3,5,11H,2H2,1H3,(H,13,14)(H,15,16)/t5-/m1/s1. The summed E-state index contributed by atoms with van der Waals surface area (Å²) in [5.41, 5.74) is 0. The van der Waals surface area contributed by atoms with Gasteiger partial charge in [0.25, 0.3) is 10.0 Å². The van der Waals surface area contributed by atoms with E-state index in [4.69, 9.17) is 21.8 Å². The lowest BCUT2D eigenvalue weighted by Crippen LogP contribution is -2.42. The van der Waals surface area contributed by atoms with E-state index in [1.54, 1.807) is 4.72 Å². The summed E-state index contributed by atoms with van der Waals surface area (Å²) >= 11 is 5.63. The topological polar surface area (TPSA) is 139 Å². The summed E-state index contributed by atoms with van der Waals surface area (Å²) in [6.45, 7) is 0. The SMILES string of the molecule is Cn1ncc(Cl)c1S(=O)(=O)N[C@H](CC(=O)O)C(=O)O. The zero-order valence-electron chi connectivity index (χ0n) is 9.57. The highest BCUT2D eigenvalue weighted by molar-refractivity contribution is 7.89. The number of nitrogens with one attached hydrogen (secondary N) is 1. The second kappa shape index (κ2) is 5.55. The van der Waals surface area contributed by atoms with Crippen LogP contribution in [0, 0.1) is 0 Å². The Balaban J connectivity index is 3.08. The molecule has 1 aromatic heterocycles. The first kappa shape index (κ1) is 15.4. The average Bonchev–Trinajstić information content (AvgIpc) is 2.56. The Kier molecular flexibility index (Phi) is 4.50. The van der Waals surface area contributed by atoms with Gasteiger partial charge >= 0.3 is 11.9 Å². The molecule has 0 aliphatic heterocycles. The van der Waals surface area contributed by atoms with Crippen LogP contribution in [0.1, 0.15) is 6.42 Å². The number of aliphatic carboxylic acids is 2. The Morgan fingerprint density at radius 2 is 2.11 bits per heavy atom. The molecule has 0 aliphatic rings. The first-order chi connectivity index (χ1) is 8.65. The van der Waals surface area contributed by atoms with Crippen molar-refractivity contribution in [3.05, 3.63) is 11.2 Å². The fourth-order valence-electron chi connectivity index (χ4n) is 1.30. The molecular formula is C8H10ClN3O6S. The van der Waals surface area contributed by atoms with Gasteiger partial charge in [-0.3, -0.25) is 14.3 Å². The van der Waals surface area contributed by atoms with Crippen LogP contribution >= 0.6 is 11.6 Å². The van der Waals surface area contributed by atoms with Crippen molar-refractivity contribution in [2.24, 2.45) is 7.05 Å². The molecule has 3 N–H and O–H groups in total. The summed E-state index contributed by atoms with van der Waals surface area (Å²) in [4.78, 5) is 21.3. The van der Waals surface area contributed by atoms with Crippen LogP contribution < -0.4 is 4.72 Å². The maximum absolute atomic E-state index is 11.9. The molecule has 1 heterocycles. The molecule has 1 aromatic rings. The molecule has 0 aromatic carbocycles. The van der Waals surface area contributed by atoms with E-state index < -0.39 is 39.5 Å². The van der Waals surface area contributed by atoms with Gasteiger partial charge in [0, 0.05) is 7.05 Å². The van der Waals surface area contributed by atoms with Gasteiger partial charge in [-0.25, -0.2) is 8.42 Å². The Labute approximate surface area is 112 Å². The van der Waals surface area contributed by atoms with Gasteiger partial charge < -0.3 is 10.2 Å². The molecule has 19 heavy (non-hydrogen) atoms. The molecule has 0 saturated heterocycles. The minimum absolute atomic E-state index is 0.200. The van der Waals surface area contributed by atoms with Gasteiger partial charge in [0.2, 0.25) is 0 Å². The lowest BCUT2D eigenvalue weighted by Gasteiger charge is -2.13. The summed E-state index contributed by atoms with van der Waals surface area (Å²) in [6, 6.07) is -1.80. The third-order valence-corrected chi connectivity index (χ3v) is 4.05. The van der Waals surface area contributed by atoms with Crippen LogP contribution in [0.2, 0.25) is 5.02 Å².